The Morgan fingerprint density at radius 3 is 2.21 bits per heavy atom. The molecule has 0 atom stereocenters. The van der Waals surface area contributed by atoms with Gasteiger partial charge in [-0.05, 0) is 42.5 Å². The molecule has 2 aromatic carbocycles. The molecule has 0 aliphatic carbocycles. The summed E-state index contributed by atoms with van der Waals surface area (Å²) in [6.45, 7) is 0. The summed E-state index contributed by atoms with van der Waals surface area (Å²) >= 11 is 0. The lowest BCUT2D eigenvalue weighted by Gasteiger charge is -2.09. The maximum absolute atomic E-state index is 13.7. The molecular formula is C19H15ClF3N3O2. The normalized spacial score (nSPS) is 10.0. The number of carbonyl (C=O) groups is 1. The highest BCUT2D eigenvalue weighted by molar-refractivity contribution is 6.04. The van der Waals surface area contributed by atoms with Gasteiger partial charge >= 0.3 is 0 Å². The summed E-state index contributed by atoms with van der Waals surface area (Å²) in [4.78, 5) is 16.1. The largest absolute Gasteiger partial charge is 0.439 e. The van der Waals surface area contributed by atoms with Crippen molar-refractivity contribution in [3.63, 3.8) is 0 Å². The molecule has 0 bridgehead atoms. The van der Waals surface area contributed by atoms with E-state index >= 15 is 0 Å². The number of rotatable bonds is 5. The van der Waals surface area contributed by atoms with Gasteiger partial charge < -0.3 is 15.4 Å². The second-order valence-electron chi connectivity index (χ2n) is 5.44. The lowest BCUT2D eigenvalue weighted by molar-refractivity contribution is 0.102. The van der Waals surface area contributed by atoms with Crippen molar-refractivity contribution in [3.05, 3.63) is 77.7 Å². The van der Waals surface area contributed by atoms with Gasteiger partial charge in [-0.2, -0.15) is 0 Å². The van der Waals surface area contributed by atoms with E-state index in [4.69, 9.17) is 4.74 Å². The zero-order valence-corrected chi connectivity index (χ0v) is 15.3. The number of hydrogen-bond acceptors (Lipinski definition) is 4. The monoisotopic (exact) mass is 409 g/mol. The van der Waals surface area contributed by atoms with Crippen molar-refractivity contribution in [1.29, 1.82) is 0 Å². The summed E-state index contributed by atoms with van der Waals surface area (Å²) in [5.41, 5.74) is 0.554. The predicted molar refractivity (Wildman–Crippen MR) is 102 cm³/mol. The van der Waals surface area contributed by atoms with Crippen LogP contribution in [0.25, 0.3) is 0 Å². The molecule has 0 radical (unpaired) electrons. The Kier molecular flexibility index (Phi) is 6.84. The molecule has 146 valence electrons. The third-order valence-corrected chi connectivity index (χ3v) is 3.64. The lowest BCUT2D eigenvalue weighted by Crippen LogP contribution is -2.15. The van der Waals surface area contributed by atoms with Crippen molar-refractivity contribution in [3.8, 4) is 11.6 Å². The molecule has 1 amide bonds. The molecule has 1 aromatic heterocycles. The van der Waals surface area contributed by atoms with Crippen molar-refractivity contribution < 1.29 is 22.7 Å². The van der Waals surface area contributed by atoms with Crippen LogP contribution in [0.2, 0.25) is 0 Å². The maximum Gasteiger partial charge on any atom is 0.258 e. The van der Waals surface area contributed by atoms with Gasteiger partial charge in [-0.3, -0.25) is 4.79 Å². The number of halogens is 4. The van der Waals surface area contributed by atoms with Crippen LogP contribution in [0.1, 0.15) is 10.4 Å². The van der Waals surface area contributed by atoms with E-state index in [0.717, 1.165) is 11.8 Å². The molecule has 0 fully saturated rings. The minimum atomic E-state index is -1.70. The minimum Gasteiger partial charge on any atom is -0.439 e. The Bertz CT molecular complexity index is 967. The second kappa shape index (κ2) is 9.09. The number of carbonyl (C=O) groups excluding carboxylic acids is 1. The van der Waals surface area contributed by atoms with Gasteiger partial charge in [0.05, 0.1) is 17.4 Å². The van der Waals surface area contributed by atoms with E-state index in [-0.39, 0.29) is 24.0 Å². The van der Waals surface area contributed by atoms with Crippen molar-refractivity contribution >= 4 is 29.7 Å². The Morgan fingerprint density at radius 2 is 1.61 bits per heavy atom. The fourth-order valence-electron chi connectivity index (χ4n) is 2.22. The molecule has 9 heteroatoms. The van der Waals surface area contributed by atoms with E-state index in [0.29, 0.717) is 11.8 Å². The topological polar surface area (TPSA) is 63.2 Å². The van der Waals surface area contributed by atoms with Crippen LogP contribution in [0.5, 0.6) is 11.6 Å². The summed E-state index contributed by atoms with van der Waals surface area (Å²) in [5, 5.41) is 5.34. The summed E-state index contributed by atoms with van der Waals surface area (Å²) in [7, 11) is 1.80. The van der Waals surface area contributed by atoms with Crippen LogP contribution in [0.3, 0.4) is 0 Å². The number of benzene rings is 2. The molecule has 2 N–H and O–H groups in total. The molecule has 28 heavy (non-hydrogen) atoms. The number of amides is 1. The van der Waals surface area contributed by atoms with Gasteiger partial charge in [-0.25, -0.2) is 18.2 Å². The van der Waals surface area contributed by atoms with E-state index in [1.54, 1.807) is 19.2 Å². The predicted octanol–water partition coefficient (Wildman–Crippen LogP) is 5.01. The summed E-state index contributed by atoms with van der Waals surface area (Å²) in [6.07, 6.45) is 1.30. The third kappa shape index (κ3) is 4.72. The van der Waals surface area contributed by atoms with Gasteiger partial charge in [0.25, 0.3) is 5.91 Å². The molecule has 0 unspecified atom stereocenters. The molecule has 0 spiro atoms. The van der Waals surface area contributed by atoms with Crippen LogP contribution in [0, 0.1) is 17.5 Å². The van der Waals surface area contributed by atoms with E-state index in [9.17, 15) is 18.0 Å². The van der Waals surface area contributed by atoms with Crippen molar-refractivity contribution in [2.24, 2.45) is 0 Å². The molecule has 1 heterocycles. The number of hydrogen-bond donors (Lipinski definition) is 2. The Hall–Kier alpha value is -3.26. The molecule has 5 nitrogen and oxygen atoms in total. The molecule has 0 saturated heterocycles. The molecule has 3 aromatic rings. The first kappa shape index (κ1) is 21.0. The fourth-order valence-corrected chi connectivity index (χ4v) is 2.22. The Labute approximate surface area is 165 Å². The van der Waals surface area contributed by atoms with E-state index in [1.807, 2.05) is 12.1 Å². The zero-order valence-electron chi connectivity index (χ0n) is 14.5. The summed E-state index contributed by atoms with van der Waals surface area (Å²) < 4.78 is 45.4. The van der Waals surface area contributed by atoms with E-state index < -0.39 is 28.9 Å². The van der Waals surface area contributed by atoms with Crippen LogP contribution in [-0.4, -0.2) is 17.9 Å². The van der Waals surface area contributed by atoms with Gasteiger partial charge in [0, 0.05) is 18.8 Å². The average Bonchev–Trinajstić information content (AvgIpc) is 2.68. The first-order valence-corrected chi connectivity index (χ1v) is 7.84. The number of aromatic nitrogens is 1. The van der Waals surface area contributed by atoms with Gasteiger partial charge in [0.2, 0.25) is 5.88 Å². The highest BCUT2D eigenvalue weighted by Gasteiger charge is 2.19. The van der Waals surface area contributed by atoms with Gasteiger partial charge in [0.15, 0.2) is 17.5 Å². The Morgan fingerprint density at radius 1 is 0.929 bits per heavy atom. The maximum atomic E-state index is 13.7. The quantitative estimate of drug-likeness (QED) is 0.582. The van der Waals surface area contributed by atoms with Crippen LogP contribution in [-0.2, 0) is 0 Å². The number of nitrogens with zero attached hydrogens (tertiary/aromatic N) is 1. The highest BCUT2D eigenvalue weighted by Crippen LogP contribution is 2.23. The standard InChI is InChI=1S/C19H14F3N3O2.ClH/c1-23-11-2-5-13(6-3-11)27-16-9-4-12(10-24-16)25-19(26)14-7-8-15(20)18(22)17(14)21;/h2-10,23H,1H3,(H,25,26);1H. The van der Waals surface area contributed by atoms with E-state index in [2.05, 4.69) is 15.6 Å². The lowest BCUT2D eigenvalue weighted by atomic mass is 10.2. The average molecular weight is 410 g/mol. The Balaban J connectivity index is 0.00000280. The van der Waals surface area contributed by atoms with Crippen molar-refractivity contribution in [2.75, 3.05) is 17.7 Å². The minimum absolute atomic E-state index is 0. The summed E-state index contributed by atoms with van der Waals surface area (Å²) in [5.74, 6) is -4.69. The van der Waals surface area contributed by atoms with Crippen molar-refractivity contribution in [2.45, 2.75) is 0 Å². The van der Waals surface area contributed by atoms with Gasteiger partial charge in [-0.1, -0.05) is 0 Å². The number of pyridine rings is 1. The number of ether oxygens (including phenoxy) is 1. The molecule has 0 saturated carbocycles. The first-order valence-electron chi connectivity index (χ1n) is 7.84. The van der Waals surface area contributed by atoms with E-state index in [1.165, 1.54) is 18.3 Å². The smallest absolute Gasteiger partial charge is 0.258 e. The SMILES string of the molecule is CNc1ccc(Oc2ccc(NC(=O)c3ccc(F)c(F)c3F)cn2)cc1.Cl. The van der Waals surface area contributed by atoms with Crippen LogP contribution in [0.15, 0.2) is 54.7 Å². The molecule has 0 aliphatic rings. The number of nitrogens with one attached hydrogen (secondary N) is 2. The summed E-state index contributed by atoms with van der Waals surface area (Å²) in [6, 6.07) is 11.7. The van der Waals surface area contributed by atoms with Crippen LogP contribution in [0.4, 0.5) is 24.5 Å². The highest BCUT2D eigenvalue weighted by atomic mass is 35.5. The molecule has 0 aliphatic heterocycles. The van der Waals surface area contributed by atoms with Crippen molar-refractivity contribution in [1.82, 2.24) is 4.98 Å². The van der Waals surface area contributed by atoms with Crippen LogP contribution < -0.4 is 15.4 Å². The fraction of sp³-hybridized carbons (Fsp3) is 0.0526. The second-order valence-corrected chi connectivity index (χ2v) is 5.44. The first-order chi connectivity index (χ1) is 13.0. The zero-order chi connectivity index (χ0) is 19.4. The third-order valence-electron chi connectivity index (χ3n) is 3.64. The van der Waals surface area contributed by atoms with Gasteiger partial charge in [-0.15, -0.1) is 12.4 Å². The number of anilines is 2. The van der Waals surface area contributed by atoms with Gasteiger partial charge in [0.1, 0.15) is 5.75 Å². The molecule has 3 rings (SSSR count). The molecular weight excluding hydrogens is 395 g/mol. The van der Waals surface area contributed by atoms with Crippen LogP contribution >= 0.6 is 12.4 Å².